The van der Waals surface area contributed by atoms with Crippen LogP contribution in [0.4, 0.5) is 17.1 Å². The van der Waals surface area contributed by atoms with Crippen LogP contribution in [0.25, 0.3) is 54.6 Å². The fourth-order valence-corrected chi connectivity index (χ4v) is 6.44. The Hall–Kier alpha value is -5.66. The molecule has 0 unspecified atom stereocenters. The Morgan fingerprint density at radius 2 is 0.791 bits per heavy atom. The van der Waals surface area contributed by atoms with Crippen molar-refractivity contribution in [1.82, 2.24) is 0 Å². The topological polar surface area (TPSA) is 3.24 Å². The van der Waals surface area contributed by atoms with Gasteiger partial charge in [-0.3, -0.25) is 0 Å². The van der Waals surface area contributed by atoms with E-state index < -0.39 is 0 Å². The lowest BCUT2D eigenvalue weighted by Gasteiger charge is -2.28. The second-order valence-electron chi connectivity index (χ2n) is 11.0. The highest BCUT2D eigenvalue weighted by Gasteiger charge is 2.19. The largest absolute Gasteiger partial charge is 0.310 e. The quantitative estimate of drug-likeness (QED) is 0.194. The van der Waals surface area contributed by atoms with Gasteiger partial charge < -0.3 is 4.90 Å². The molecule has 1 nitrogen and oxygen atoms in total. The summed E-state index contributed by atoms with van der Waals surface area (Å²) in [7, 11) is 0. The third-order valence-corrected chi connectivity index (χ3v) is 8.41. The summed E-state index contributed by atoms with van der Waals surface area (Å²) in [4.78, 5) is 2.40. The molecule has 0 amide bonds. The standard InChI is InChI=1S/C42H29N/c1-4-14-30(15-5-1)31-24-26-35(27-25-31)43(34-18-8-3-9-19-34)41-29-33-28-40(32-16-6-2-7-17-32)36-20-10-12-22-38(36)42(33)39-23-13-11-21-37(39)41/h1-29H. The van der Waals surface area contributed by atoms with E-state index in [-0.39, 0.29) is 0 Å². The maximum absolute atomic E-state index is 2.40. The number of hydrogen-bond donors (Lipinski definition) is 0. The fraction of sp³-hybridized carbons (Fsp3) is 0. The van der Waals surface area contributed by atoms with E-state index >= 15 is 0 Å². The number of fused-ring (bicyclic) bond motifs is 5. The van der Waals surface area contributed by atoms with E-state index in [1.807, 2.05) is 0 Å². The zero-order chi connectivity index (χ0) is 28.6. The highest BCUT2D eigenvalue weighted by molar-refractivity contribution is 6.26. The number of hydrogen-bond acceptors (Lipinski definition) is 1. The molecule has 202 valence electrons. The molecular formula is C42H29N. The third kappa shape index (κ3) is 4.43. The molecule has 0 aliphatic heterocycles. The predicted molar refractivity (Wildman–Crippen MR) is 185 cm³/mol. The maximum Gasteiger partial charge on any atom is 0.0546 e. The van der Waals surface area contributed by atoms with Crippen molar-refractivity contribution in [2.24, 2.45) is 0 Å². The fourth-order valence-electron chi connectivity index (χ4n) is 6.44. The molecule has 0 atom stereocenters. The van der Waals surface area contributed by atoms with Gasteiger partial charge in [0.1, 0.15) is 0 Å². The Bertz CT molecular complexity index is 2200. The van der Waals surface area contributed by atoms with Crippen molar-refractivity contribution in [3.8, 4) is 22.3 Å². The van der Waals surface area contributed by atoms with Gasteiger partial charge in [0.25, 0.3) is 0 Å². The highest BCUT2D eigenvalue weighted by Crippen LogP contribution is 2.45. The van der Waals surface area contributed by atoms with Gasteiger partial charge in [-0.1, -0.05) is 140 Å². The molecule has 0 heterocycles. The average Bonchev–Trinajstić information content (AvgIpc) is 3.09. The number of anilines is 3. The summed E-state index contributed by atoms with van der Waals surface area (Å²) in [6, 6.07) is 63.4. The van der Waals surface area contributed by atoms with E-state index in [9.17, 15) is 0 Å². The van der Waals surface area contributed by atoms with E-state index in [2.05, 4.69) is 181 Å². The summed E-state index contributed by atoms with van der Waals surface area (Å²) in [5.74, 6) is 0. The lowest BCUT2D eigenvalue weighted by Crippen LogP contribution is -2.10. The highest BCUT2D eigenvalue weighted by atomic mass is 15.1. The predicted octanol–water partition coefficient (Wildman–Crippen LogP) is 11.9. The molecule has 0 radical (unpaired) electrons. The minimum atomic E-state index is 1.12. The zero-order valence-corrected chi connectivity index (χ0v) is 23.7. The zero-order valence-electron chi connectivity index (χ0n) is 23.7. The summed E-state index contributed by atoms with van der Waals surface area (Å²) < 4.78 is 0. The average molecular weight is 548 g/mol. The van der Waals surface area contributed by atoms with E-state index in [1.165, 1.54) is 54.6 Å². The first-order chi connectivity index (χ1) is 21.3. The van der Waals surface area contributed by atoms with Crippen LogP contribution in [0.5, 0.6) is 0 Å². The first kappa shape index (κ1) is 25.1. The lowest BCUT2D eigenvalue weighted by atomic mass is 9.90. The first-order valence-electron chi connectivity index (χ1n) is 14.8. The Morgan fingerprint density at radius 1 is 0.326 bits per heavy atom. The van der Waals surface area contributed by atoms with Crippen LogP contribution in [0.2, 0.25) is 0 Å². The molecule has 0 fully saturated rings. The summed E-state index contributed by atoms with van der Waals surface area (Å²) >= 11 is 0. The molecular weight excluding hydrogens is 518 g/mol. The molecule has 0 N–H and O–H groups in total. The maximum atomic E-state index is 2.40. The van der Waals surface area contributed by atoms with Gasteiger partial charge in [-0.05, 0) is 85.6 Å². The van der Waals surface area contributed by atoms with Gasteiger partial charge in [0.05, 0.1) is 5.69 Å². The molecule has 0 aliphatic carbocycles. The Balaban J connectivity index is 1.42. The van der Waals surface area contributed by atoms with Crippen LogP contribution in [-0.4, -0.2) is 0 Å². The smallest absolute Gasteiger partial charge is 0.0546 e. The van der Waals surface area contributed by atoms with Gasteiger partial charge >= 0.3 is 0 Å². The van der Waals surface area contributed by atoms with E-state index in [0.717, 1.165) is 17.1 Å². The van der Waals surface area contributed by atoms with Crippen LogP contribution < -0.4 is 4.90 Å². The number of rotatable bonds is 5. The summed E-state index contributed by atoms with van der Waals surface area (Å²) in [5.41, 5.74) is 8.32. The molecule has 8 rings (SSSR count). The Kier molecular flexibility index (Phi) is 6.20. The SMILES string of the molecule is c1ccc(-c2ccc(N(c3ccccc3)c3cc4cc(-c5ccccc5)c5ccccc5c4c4ccccc34)cc2)cc1. The van der Waals surface area contributed by atoms with Crippen molar-refractivity contribution in [2.45, 2.75) is 0 Å². The van der Waals surface area contributed by atoms with Crippen molar-refractivity contribution in [2.75, 3.05) is 4.90 Å². The Labute approximate surface area is 251 Å². The van der Waals surface area contributed by atoms with Gasteiger partial charge in [0, 0.05) is 16.8 Å². The van der Waals surface area contributed by atoms with Crippen LogP contribution in [0.1, 0.15) is 0 Å². The van der Waals surface area contributed by atoms with E-state index in [0.29, 0.717) is 0 Å². The molecule has 0 aliphatic rings. The van der Waals surface area contributed by atoms with Crippen LogP contribution in [-0.2, 0) is 0 Å². The van der Waals surface area contributed by atoms with Crippen LogP contribution in [0.3, 0.4) is 0 Å². The number of benzene rings is 8. The molecule has 1 heteroatoms. The first-order valence-corrected chi connectivity index (χ1v) is 14.8. The van der Waals surface area contributed by atoms with Gasteiger partial charge in [-0.15, -0.1) is 0 Å². The molecule has 43 heavy (non-hydrogen) atoms. The van der Waals surface area contributed by atoms with Crippen LogP contribution >= 0.6 is 0 Å². The van der Waals surface area contributed by atoms with Crippen LogP contribution in [0, 0.1) is 0 Å². The van der Waals surface area contributed by atoms with Crippen molar-refractivity contribution < 1.29 is 0 Å². The van der Waals surface area contributed by atoms with E-state index in [4.69, 9.17) is 0 Å². The lowest BCUT2D eigenvalue weighted by molar-refractivity contribution is 1.30. The van der Waals surface area contributed by atoms with E-state index in [1.54, 1.807) is 0 Å². The van der Waals surface area contributed by atoms with Gasteiger partial charge in [0.15, 0.2) is 0 Å². The van der Waals surface area contributed by atoms with Gasteiger partial charge in [-0.25, -0.2) is 0 Å². The molecule has 0 aromatic heterocycles. The molecule has 0 saturated heterocycles. The van der Waals surface area contributed by atoms with Crippen molar-refractivity contribution in [3.05, 3.63) is 176 Å². The molecule has 0 saturated carbocycles. The molecule has 0 spiro atoms. The van der Waals surface area contributed by atoms with Gasteiger partial charge in [-0.2, -0.15) is 0 Å². The second-order valence-corrected chi connectivity index (χ2v) is 11.0. The normalized spacial score (nSPS) is 11.3. The summed E-state index contributed by atoms with van der Waals surface area (Å²) in [5, 5.41) is 7.56. The van der Waals surface area contributed by atoms with Crippen molar-refractivity contribution in [1.29, 1.82) is 0 Å². The number of nitrogens with zero attached hydrogens (tertiary/aromatic N) is 1. The monoisotopic (exact) mass is 547 g/mol. The minimum Gasteiger partial charge on any atom is -0.310 e. The molecule has 8 aromatic carbocycles. The Morgan fingerprint density at radius 3 is 1.44 bits per heavy atom. The van der Waals surface area contributed by atoms with Crippen molar-refractivity contribution >= 4 is 49.4 Å². The van der Waals surface area contributed by atoms with Crippen LogP contribution in [0.15, 0.2) is 176 Å². The molecule has 8 aromatic rings. The third-order valence-electron chi connectivity index (χ3n) is 8.41. The summed E-state index contributed by atoms with van der Waals surface area (Å²) in [6.07, 6.45) is 0. The second kappa shape index (κ2) is 10.6. The molecule has 0 bridgehead atoms. The number of para-hydroxylation sites is 1. The van der Waals surface area contributed by atoms with Gasteiger partial charge in [0.2, 0.25) is 0 Å². The summed E-state index contributed by atoms with van der Waals surface area (Å²) in [6.45, 7) is 0. The minimum absolute atomic E-state index is 1.12. The van der Waals surface area contributed by atoms with Crippen molar-refractivity contribution in [3.63, 3.8) is 0 Å².